The van der Waals surface area contributed by atoms with Gasteiger partial charge >= 0.3 is 0 Å². The fourth-order valence-corrected chi connectivity index (χ4v) is 3.80. The number of aliphatic hydroxyl groups is 1. The third-order valence-electron chi connectivity index (χ3n) is 2.16. The van der Waals surface area contributed by atoms with E-state index in [9.17, 15) is 13.9 Å². The van der Waals surface area contributed by atoms with E-state index < -0.39 is 18.6 Å². The van der Waals surface area contributed by atoms with Gasteiger partial charge in [0.25, 0.3) is 5.92 Å². The molecular formula is C9H9Br3ClF2NO2. The quantitative estimate of drug-likeness (QED) is 0.623. The van der Waals surface area contributed by atoms with Crippen LogP contribution in [0.2, 0.25) is 0 Å². The van der Waals surface area contributed by atoms with E-state index in [1.54, 1.807) is 0 Å². The van der Waals surface area contributed by atoms with E-state index in [-0.39, 0.29) is 28.2 Å². The van der Waals surface area contributed by atoms with Crippen LogP contribution < -0.4 is 5.73 Å². The van der Waals surface area contributed by atoms with Crippen LogP contribution in [0.1, 0.15) is 11.6 Å². The van der Waals surface area contributed by atoms with Crippen molar-refractivity contribution in [2.75, 3.05) is 6.61 Å². The third kappa shape index (κ3) is 3.55. The Kier molecular flexibility index (Phi) is 7.01. The van der Waals surface area contributed by atoms with Gasteiger partial charge in [0.1, 0.15) is 12.4 Å². The number of benzene rings is 1. The highest BCUT2D eigenvalue weighted by Crippen LogP contribution is 2.44. The topological polar surface area (TPSA) is 66.5 Å². The smallest absolute Gasteiger partial charge is 0.289 e. The van der Waals surface area contributed by atoms with Crippen molar-refractivity contribution in [1.82, 2.24) is 0 Å². The minimum Gasteiger partial charge on any atom is -0.506 e. The molecule has 0 bridgehead atoms. The average molecular weight is 476 g/mol. The predicted octanol–water partition coefficient (Wildman–Crippen LogP) is 3.73. The molecule has 3 nitrogen and oxygen atoms in total. The number of phenolic OH excluding ortho intramolecular Hbond substituents is 1. The lowest BCUT2D eigenvalue weighted by Crippen LogP contribution is -2.36. The second-order valence-electron chi connectivity index (χ2n) is 3.31. The van der Waals surface area contributed by atoms with E-state index >= 15 is 0 Å². The molecule has 9 heteroatoms. The fourth-order valence-electron chi connectivity index (χ4n) is 1.19. The summed E-state index contributed by atoms with van der Waals surface area (Å²) in [6.45, 7) is -1.37. The minimum atomic E-state index is -3.48. The number of alkyl halides is 2. The highest BCUT2D eigenvalue weighted by atomic mass is 79.9. The molecular weight excluding hydrogens is 467 g/mol. The van der Waals surface area contributed by atoms with Gasteiger partial charge in [0.05, 0.1) is 15.0 Å². The summed E-state index contributed by atoms with van der Waals surface area (Å²) in [5.41, 5.74) is 5.40. The first-order valence-corrected chi connectivity index (χ1v) is 6.71. The number of halogens is 6. The van der Waals surface area contributed by atoms with Crippen LogP contribution >= 0.6 is 60.2 Å². The summed E-state index contributed by atoms with van der Waals surface area (Å²) in [5.74, 6) is -3.71. The van der Waals surface area contributed by atoms with Gasteiger partial charge in [0.2, 0.25) is 0 Å². The molecule has 0 saturated heterocycles. The zero-order valence-electron chi connectivity index (χ0n) is 8.63. The maximum atomic E-state index is 13.3. The van der Waals surface area contributed by atoms with E-state index in [2.05, 4.69) is 47.8 Å². The Bertz CT molecular complexity index is 448. The van der Waals surface area contributed by atoms with E-state index in [4.69, 9.17) is 10.8 Å². The van der Waals surface area contributed by atoms with Crippen molar-refractivity contribution in [1.29, 1.82) is 0 Å². The maximum absolute atomic E-state index is 13.3. The van der Waals surface area contributed by atoms with Gasteiger partial charge in [0, 0.05) is 10.0 Å². The normalized spacial score (nSPS) is 13.1. The summed E-state index contributed by atoms with van der Waals surface area (Å²) < 4.78 is 27.3. The fraction of sp³-hybridized carbons (Fsp3) is 0.333. The molecule has 0 heterocycles. The van der Waals surface area contributed by atoms with Crippen molar-refractivity contribution in [2.45, 2.75) is 12.0 Å². The number of hydrogen-bond donors (Lipinski definition) is 3. The molecule has 0 unspecified atom stereocenters. The molecule has 1 atom stereocenters. The Labute approximate surface area is 134 Å². The molecule has 0 aliphatic rings. The molecule has 104 valence electrons. The molecule has 4 N–H and O–H groups in total. The van der Waals surface area contributed by atoms with Gasteiger partial charge in [-0.05, 0) is 37.9 Å². The zero-order valence-corrected chi connectivity index (χ0v) is 14.2. The largest absolute Gasteiger partial charge is 0.506 e. The van der Waals surface area contributed by atoms with Crippen molar-refractivity contribution >= 4 is 60.2 Å². The van der Waals surface area contributed by atoms with Gasteiger partial charge in [-0.15, -0.1) is 12.4 Å². The first-order valence-electron chi connectivity index (χ1n) is 4.33. The summed E-state index contributed by atoms with van der Waals surface area (Å²) in [6.07, 6.45) is 0. The molecule has 1 rings (SSSR count). The summed E-state index contributed by atoms with van der Waals surface area (Å²) in [7, 11) is 0. The van der Waals surface area contributed by atoms with Crippen LogP contribution in [0.15, 0.2) is 19.5 Å². The van der Waals surface area contributed by atoms with Crippen LogP contribution in [0, 0.1) is 0 Å². The SMILES string of the molecule is Cl.N[C@H](c1c(Br)cc(Br)c(O)c1Br)C(F)(F)CO. The van der Waals surface area contributed by atoms with Crippen LogP contribution in [-0.4, -0.2) is 22.7 Å². The Hall–Kier alpha value is 0.530. The van der Waals surface area contributed by atoms with Gasteiger partial charge in [0.15, 0.2) is 0 Å². The first-order chi connectivity index (χ1) is 7.72. The maximum Gasteiger partial charge on any atom is 0.289 e. The molecule has 0 amide bonds. The minimum absolute atomic E-state index is 0. The second kappa shape index (κ2) is 6.81. The highest BCUT2D eigenvalue weighted by Gasteiger charge is 2.40. The van der Waals surface area contributed by atoms with Crippen molar-refractivity contribution in [3.05, 3.63) is 25.0 Å². The Balaban J connectivity index is 0.00000289. The number of phenols is 1. The summed E-state index contributed by atoms with van der Waals surface area (Å²) >= 11 is 9.15. The molecule has 0 aliphatic carbocycles. The zero-order chi connectivity index (χ0) is 13.4. The molecule has 1 aromatic rings. The van der Waals surface area contributed by atoms with Crippen LogP contribution in [0.25, 0.3) is 0 Å². The number of nitrogens with two attached hydrogens (primary N) is 1. The molecule has 0 aromatic heterocycles. The molecule has 0 spiro atoms. The van der Waals surface area contributed by atoms with Gasteiger partial charge < -0.3 is 15.9 Å². The standard InChI is InChI=1S/C9H8Br3F2NO2.ClH/c10-3-1-4(11)7(17)6(12)5(3)8(15)9(13,14)2-16;/h1,8,16-17H,2,15H2;1H/t8-;/m1./s1. The van der Waals surface area contributed by atoms with Crippen LogP contribution in [-0.2, 0) is 0 Å². The van der Waals surface area contributed by atoms with Crippen molar-refractivity contribution in [3.8, 4) is 5.75 Å². The lowest BCUT2D eigenvalue weighted by molar-refractivity contribution is -0.0715. The molecule has 0 saturated carbocycles. The van der Waals surface area contributed by atoms with Crippen molar-refractivity contribution in [3.63, 3.8) is 0 Å². The number of aromatic hydroxyl groups is 1. The van der Waals surface area contributed by atoms with Crippen LogP contribution in [0.3, 0.4) is 0 Å². The summed E-state index contributed by atoms with van der Waals surface area (Å²) in [5, 5.41) is 18.2. The molecule has 0 fully saturated rings. The van der Waals surface area contributed by atoms with Crippen molar-refractivity contribution < 1.29 is 19.0 Å². The lowest BCUT2D eigenvalue weighted by atomic mass is 10.0. The third-order valence-corrected chi connectivity index (χ3v) is 4.22. The number of aliphatic hydroxyl groups excluding tert-OH is 1. The molecule has 0 aliphatic heterocycles. The summed E-state index contributed by atoms with van der Waals surface area (Å²) in [4.78, 5) is 0. The van der Waals surface area contributed by atoms with Crippen LogP contribution in [0.4, 0.5) is 8.78 Å². The average Bonchev–Trinajstić information content (AvgIpc) is 2.26. The highest BCUT2D eigenvalue weighted by molar-refractivity contribution is 9.11. The van der Waals surface area contributed by atoms with Gasteiger partial charge in [-0.25, -0.2) is 8.78 Å². The van der Waals surface area contributed by atoms with E-state index in [1.807, 2.05) is 0 Å². The number of rotatable bonds is 3. The molecule has 1 aromatic carbocycles. The van der Waals surface area contributed by atoms with E-state index in [1.165, 1.54) is 6.07 Å². The molecule has 18 heavy (non-hydrogen) atoms. The van der Waals surface area contributed by atoms with Gasteiger partial charge in [-0.1, -0.05) is 15.9 Å². The Morgan fingerprint density at radius 3 is 2.22 bits per heavy atom. The Morgan fingerprint density at radius 1 is 1.28 bits per heavy atom. The van der Waals surface area contributed by atoms with Gasteiger partial charge in [-0.3, -0.25) is 0 Å². The lowest BCUT2D eigenvalue weighted by Gasteiger charge is -2.24. The monoisotopic (exact) mass is 473 g/mol. The van der Waals surface area contributed by atoms with Gasteiger partial charge in [-0.2, -0.15) is 0 Å². The number of hydrogen-bond acceptors (Lipinski definition) is 3. The second-order valence-corrected chi connectivity index (χ2v) is 5.81. The molecule has 0 radical (unpaired) electrons. The van der Waals surface area contributed by atoms with Crippen molar-refractivity contribution in [2.24, 2.45) is 5.73 Å². The van der Waals surface area contributed by atoms with E-state index in [0.29, 0.717) is 8.95 Å². The predicted molar refractivity (Wildman–Crippen MR) is 77.4 cm³/mol. The summed E-state index contributed by atoms with van der Waals surface area (Å²) in [6, 6.07) is -0.335. The Morgan fingerprint density at radius 2 is 1.78 bits per heavy atom. The van der Waals surface area contributed by atoms with Crippen LogP contribution in [0.5, 0.6) is 5.75 Å². The van der Waals surface area contributed by atoms with E-state index in [0.717, 1.165) is 0 Å². The first kappa shape index (κ1) is 18.5.